The van der Waals surface area contributed by atoms with Crippen molar-refractivity contribution in [2.75, 3.05) is 13.7 Å². The Labute approximate surface area is 131 Å². The molecule has 4 nitrogen and oxygen atoms in total. The number of benzene rings is 2. The van der Waals surface area contributed by atoms with Crippen LogP contribution in [0.4, 0.5) is 0 Å². The summed E-state index contributed by atoms with van der Waals surface area (Å²) in [7, 11) is 1.57. The maximum absolute atomic E-state index is 12.0. The highest BCUT2D eigenvalue weighted by Gasteiger charge is 2.12. The predicted octanol–water partition coefficient (Wildman–Crippen LogP) is 3.26. The number of ether oxygens (including phenoxy) is 2. The van der Waals surface area contributed by atoms with Crippen molar-refractivity contribution in [3.63, 3.8) is 0 Å². The molecule has 2 rings (SSSR count). The number of hydrogen-bond donors (Lipinski definition) is 1. The van der Waals surface area contributed by atoms with Crippen LogP contribution in [-0.4, -0.2) is 19.6 Å². The number of hydrogen-bond acceptors (Lipinski definition) is 3. The van der Waals surface area contributed by atoms with Gasteiger partial charge in [0.05, 0.1) is 13.2 Å². The fourth-order valence-corrected chi connectivity index (χ4v) is 2.31. The van der Waals surface area contributed by atoms with Crippen LogP contribution in [0, 0.1) is 6.92 Å². The Morgan fingerprint density at radius 2 is 1.73 bits per heavy atom. The van der Waals surface area contributed by atoms with Gasteiger partial charge in [0, 0.05) is 0 Å². The summed E-state index contributed by atoms with van der Waals surface area (Å²) >= 11 is 0. The minimum atomic E-state index is -0.165. The van der Waals surface area contributed by atoms with Crippen molar-refractivity contribution < 1.29 is 14.3 Å². The first kappa shape index (κ1) is 15.9. The van der Waals surface area contributed by atoms with Gasteiger partial charge in [-0.25, -0.2) is 0 Å². The number of methoxy groups -OCH3 is 1. The molecule has 0 radical (unpaired) electrons. The molecule has 0 saturated heterocycles. The number of amides is 1. The van der Waals surface area contributed by atoms with Gasteiger partial charge in [0.25, 0.3) is 5.91 Å². The highest BCUT2D eigenvalue weighted by molar-refractivity contribution is 5.78. The van der Waals surface area contributed by atoms with Crippen LogP contribution in [0.3, 0.4) is 0 Å². The van der Waals surface area contributed by atoms with E-state index in [0.717, 1.165) is 11.1 Å². The smallest absolute Gasteiger partial charge is 0.258 e. The first-order valence-electron chi connectivity index (χ1n) is 7.22. The van der Waals surface area contributed by atoms with E-state index in [1.807, 2.05) is 50.2 Å². The van der Waals surface area contributed by atoms with E-state index >= 15 is 0 Å². The summed E-state index contributed by atoms with van der Waals surface area (Å²) in [6.07, 6.45) is 0. The highest BCUT2D eigenvalue weighted by Crippen LogP contribution is 2.25. The SMILES string of the molecule is COc1ccccc1OCC(=O)NC(C)c1ccccc1C. The van der Waals surface area contributed by atoms with Crippen LogP contribution in [0.2, 0.25) is 0 Å². The van der Waals surface area contributed by atoms with E-state index in [9.17, 15) is 4.79 Å². The zero-order valence-electron chi connectivity index (χ0n) is 13.1. The van der Waals surface area contributed by atoms with Crippen molar-refractivity contribution in [2.24, 2.45) is 0 Å². The monoisotopic (exact) mass is 299 g/mol. The molecule has 0 saturated carbocycles. The summed E-state index contributed by atoms with van der Waals surface area (Å²) in [4.78, 5) is 12.0. The Bertz CT molecular complexity index is 640. The summed E-state index contributed by atoms with van der Waals surface area (Å²) < 4.78 is 10.7. The van der Waals surface area contributed by atoms with E-state index in [4.69, 9.17) is 9.47 Å². The largest absolute Gasteiger partial charge is 0.493 e. The summed E-state index contributed by atoms with van der Waals surface area (Å²) in [6.45, 7) is 3.95. The second kappa shape index (κ2) is 7.50. The van der Waals surface area contributed by atoms with Gasteiger partial charge in [-0.2, -0.15) is 0 Å². The number of para-hydroxylation sites is 2. The quantitative estimate of drug-likeness (QED) is 0.890. The minimum Gasteiger partial charge on any atom is -0.493 e. The minimum absolute atomic E-state index is 0.0450. The van der Waals surface area contributed by atoms with Gasteiger partial charge in [0.15, 0.2) is 18.1 Å². The molecule has 0 bridgehead atoms. The van der Waals surface area contributed by atoms with Gasteiger partial charge in [-0.05, 0) is 37.1 Å². The lowest BCUT2D eigenvalue weighted by Crippen LogP contribution is -2.31. The lowest BCUT2D eigenvalue weighted by Gasteiger charge is -2.17. The number of carbonyl (C=O) groups excluding carboxylic acids is 1. The van der Waals surface area contributed by atoms with Crippen LogP contribution in [-0.2, 0) is 4.79 Å². The maximum Gasteiger partial charge on any atom is 0.258 e. The molecule has 0 heterocycles. The summed E-state index contributed by atoms with van der Waals surface area (Å²) in [5.41, 5.74) is 2.26. The van der Waals surface area contributed by atoms with Gasteiger partial charge in [-0.1, -0.05) is 36.4 Å². The lowest BCUT2D eigenvalue weighted by atomic mass is 10.0. The summed E-state index contributed by atoms with van der Waals surface area (Å²) in [6, 6.07) is 15.2. The summed E-state index contributed by atoms with van der Waals surface area (Å²) in [5.74, 6) is 1.01. The zero-order chi connectivity index (χ0) is 15.9. The number of aryl methyl sites for hydroxylation is 1. The van der Waals surface area contributed by atoms with Gasteiger partial charge in [-0.3, -0.25) is 4.79 Å². The van der Waals surface area contributed by atoms with Gasteiger partial charge in [-0.15, -0.1) is 0 Å². The molecule has 0 aliphatic rings. The average molecular weight is 299 g/mol. The molecule has 0 aliphatic carbocycles. The molecule has 0 aliphatic heterocycles. The van der Waals surface area contributed by atoms with Gasteiger partial charge < -0.3 is 14.8 Å². The van der Waals surface area contributed by atoms with E-state index in [1.165, 1.54) is 0 Å². The van der Waals surface area contributed by atoms with Crippen molar-refractivity contribution in [3.8, 4) is 11.5 Å². The average Bonchev–Trinajstić information content (AvgIpc) is 2.53. The first-order chi connectivity index (χ1) is 10.6. The fourth-order valence-electron chi connectivity index (χ4n) is 2.31. The van der Waals surface area contributed by atoms with Crippen LogP contribution >= 0.6 is 0 Å². The Balaban J connectivity index is 1.92. The molecule has 1 amide bonds. The molecule has 0 aromatic heterocycles. The molecule has 0 spiro atoms. The van der Waals surface area contributed by atoms with E-state index in [-0.39, 0.29) is 18.6 Å². The Hall–Kier alpha value is -2.49. The first-order valence-corrected chi connectivity index (χ1v) is 7.22. The second-order valence-electron chi connectivity index (χ2n) is 5.09. The van der Waals surface area contributed by atoms with Crippen molar-refractivity contribution in [1.29, 1.82) is 0 Å². The van der Waals surface area contributed by atoms with Gasteiger partial charge >= 0.3 is 0 Å². The van der Waals surface area contributed by atoms with Crippen molar-refractivity contribution in [1.82, 2.24) is 5.32 Å². The lowest BCUT2D eigenvalue weighted by molar-refractivity contribution is -0.123. The molecule has 1 atom stereocenters. The van der Waals surface area contributed by atoms with Crippen molar-refractivity contribution in [2.45, 2.75) is 19.9 Å². The van der Waals surface area contributed by atoms with E-state index in [0.29, 0.717) is 11.5 Å². The van der Waals surface area contributed by atoms with Crippen LogP contribution in [0.15, 0.2) is 48.5 Å². The van der Waals surface area contributed by atoms with Crippen molar-refractivity contribution >= 4 is 5.91 Å². The maximum atomic E-state index is 12.0. The summed E-state index contributed by atoms with van der Waals surface area (Å²) in [5, 5.41) is 2.94. The molecular weight excluding hydrogens is 278 g/mol. The molecule has 2 aromatic carbocycles. The van der Waals surface area contributed by atoms with Crippen LogP contribution < -0.4 is 14.8 Å². The molecule has 1 N–H and O–H groups in total. The number of rotatable bonds is 6. The topological polar surface area (TPSA) is 47.6 Å². The number of carbonyl (C=O) groups is 1. The second-order valence-corrected chi connectivity index (χ2v) is 5.09. The number of nitrogens with one attached hydrogen (secondary N) is 1. The standard InChI is InChI=1S/C18H21NO3/c1-13-8-4-5-9-15(13)14(2)19-18(20)12-22-17-11-7-6-10-16(17)21-3/h4-11,14H,12H2,1-3H3,(H,19,20). The molecular formula is C18H21NO3. The van der Waals surface area contributed by atoms with Gasteiger partial charge in [0.1, 0.15) is 0 Å². The van der Waals surface area contributed by atoms with Crippen molar-refractivity contribution in [3.05, 3.63) is 59.7 Å². The van der Waals surface area contributed by atoms with Crippen LogP contribution in [0.1, 0.15) is 24.1 Å². The normalized spacial score (nSPS) is 11.6. The molecule has 2 aromatic rings. The van der Waals surface area contributed by atoms with E-state index in [1.54, 1.807) is 19.2 Å². The van der Waals surface area contributed by atoms with Crippen LogP contribution in [0.5, 0.6) is 11.5 Å². The highest BCUT2D eigenvalue weighted by atomic mass is 16.5. The molecule has 1 unspecified atom stereocenters. The third-order valence-electron chi connectivity index (χ3n) is 3.46. The van der Waals surface area contributed by atoms with Crippen LogP contribution in [0.25, 0.3) is 0 Å². The fraction of sp³-hybridized carbons (Fsp3) is 0.278. The molecule has 22 heavy (non-hydrogen) atoms. The Kier molecular flexibility index (Phi) is 5.42. The Morgan fingerprint density at radius 1 is 1.09 bits per heavy atom. The molecule has 116 valence electrons. The molecule has 0 fully saturated rings. The predicted molar refractivity (Wildman–Crippen MR) is 86.2 cm³/mol. The van der Waals surface area contributed by atoms with E-state index in [2.05, 4.69) is 5.32 Å². The zero-order valence-corrected chi connectivity index (χ0v) is 13.1. The third kappa shape index (κ3) is 4.01. The third-order valence-corrected chi connectivity index (χ3v) is 3.46. The Morgan fingerprint density at radius 3 is 2.41 bits per heavy atom. The molecule has 4 heteroatoms. The van der Waals surface area contributed by atoms with Gasteiger partial charge in [0.2, 0.25) is 0 Å². The van der Waals surface area contributed by atoms with E-state index < -0.39 is 0 Å².